The largest absolute Gasteiger partial charge is 0.325 e. The van der Waals surface area contributed by atoms with Crippen molar-refractivity contribution in [3.63, 3.8) is 0 Å². The molecule has 2 aromatic carbocycles. The quantitative estimate of drug-likeness (QED) is 0.425. The predicted molar refractivity (Wildman–Crippen MR) is 131 cm³/mol. The molecule has 8 nitrogen and oxygen atoms in total. The van der Waals surface area contributed by atoms with Gasteiger partial charge in [0.1, 0.15) is 5.82 Å². The fraction of sp³-hybridized carbons (Fsp3) is 0.375. The third-order valence-corrected chi connectivity index (χ3v) is 8.73. The summed E-state index contributed by atoms with van der Waals surface area (Å²) in [6.07, 6.45) is 4.63. The Hall–Kier alpha value is -2.69. The van der Waals surface area contributed by atoms with Crippen LogP contribution in [-0.4, -0.2) is 46.2 Å². The zero-order valence-electron chi connectivity index (χ0n) is 18.9. The number of thioether (sulfide) groups is 1. The molecule has 10 heteroatoms. The summed E-state index contributed by atoms with van der Waals surface area (Å²) in [5.41, 5.74) is 1.47. The number of anilines is 1. The summed E-state index contributed by atoms with van der Waals surface area (Å²) >= 11 is 1.40. The number of aromatic nitrogens is 3. The maximum Gasteiger partial charge on any atom is 0.243 e. The van der Waals surface area contributed by atoms with Gasteiger partial charge in [-0.3, -0.25) is 4.79 Å². The first-order chi connectivity index (χ1) is 16.4. The molecule has 1 amide bonds. The third kappa shape index (κ3) is 5.18. The SMILES string of the molecule is CN(Cc1ccccc1)S(=O)(=O)c1ccc(NC(=O)CSc2nnc(C3CC3)n2C2CC2)cc1. The van der Waals surface area contributed by atoms with Crippen LogP contribution < -0.4 is 5.32 Å². The zero-order valence-corrected chi connectivity index (χ0v) is 20.6. The van der Waals surface area contributed by atoms with Gasteiger partial charge >= 0.3 is 0 Å². The summed E-state index contributed by atoms with van der Waals surface area (Å²) in [7, 11) is -2.08. The van der Waals surface area contributed by atoms with Crippen LogP contribution in [0.4, 0.5) is 5.69 Å². The van der Waals surface area contributed by atoms with E-state index in [0.29, 0.717) is 17.6 Å². The van der Waals surface area contributed by atoms with Crippen LogP contribution in [0.5, 0.6) is 0 Å². The Morgan fingerprint density at radius 3 is 2.41 bits per heavy atom. The van der Waals surface area contributed by atoms with Gasteiger partial charge in [-0.2, -0.15) is 4.31 Å². The molecule has 0 aliphatic heterocycles. The molecule has 0 atom stereocenters. The average Bonchev–Trinajstić information content (AvgIpc) is 3.77. The fourth-order valence-corrected chi connectivity index (χ4v) is 5.80. The lowest BCUT2D eigenvalue weighted by Gasteiger charge is -2.17. The molecule has 2 aliphatic carbocycles. The van der Waals surface area contributed by atoms with Crippen LogP contribution in [-0.2, 0) is 21.4 Å². The number of amides is 1. The normalized spacial score (nSPS) is 16.1. The number of benzene rings is 2. The van der Waals surface area contributed by atoms with Crippen molar-refractivity contribution in [3.8, 4) is 0 Å². The van der Waals surface area contributed by atoms with E-state index in [0.717, 1.165) is 29.4 Å². The van der Waals surface area contributed by atoms with Crippen LogP contribution in [0.2, 0.25) is 0 Å². The van der Waals surface area contributed by atoms with E-state index in [4.69, 9.17) is 0 Å². The Kier molecular flexibility index (Phi) is 6.46. The Labute approximate surface area is 203 Å². The molecular formula is C24H27N5O3S2. The van der Waals surface area contributed by atoms with Crippen molar-refractivity contribution < 1.29 is 13.2 Å². The van der Waals surface area contributed by atoms with Crippen LogP contribution in [0.3, 0.4) is 0 Å². The number of nitrogens with one attached hydrogen (secondary N) is 1. The van der Waals surface area contributed by atoms with Crippen LogP contribution in [0.1, 0.15) is 49.0 Å². The van der Waals surface area contributed by atoms with Crippen molar-refractivity contribution in [3.05, 3.63) is 66.0 Å². The van der Waals surface area contributed by atoms with Crippen LogP contribution in [0.25, 0.3) is 0 Å². The molecule has 2 aliphatic rings. The minimum Gasteiger partial charge on any atom is -0.325 e. The van der Waals surface area contributed by atoms with Gasteiger partial charge in [0.2, 0.25) is 15.9 Å². The Morgan fingerprint density at radius 1 is 1.06 bits per heavy atom. The highest BCUT2D eigenvalue weighted by Gasteiger charge is 2.36. The highest BCUT2D eigenvalue weighted by molar-refractivity contribution is 7.99. The van der Waals surface area contributed by atoms with E-state index in [1.54, 1.807) is 19.2 Å². The van der Waals surface area contributed by atoms with Crippen molar-refractivity contribution in [2.24, 2.45) is 0 Å². The third-order valence-electron chi connectivity index (χ3n) is 5.97. The van der Waals surface area contributed by atoms with Crippen molar-refractivity contribution in [2.45, 2.75) is 54.2 Å². The lowest BCUT2D eigenvalue weighted by atomic mass is 10.2. The molecule has 0 unspecified atom stereocenters. The molecule has 0 saturated heterocycles. The number of rotatable bonds is 10. The van der Waals surface area contributed by atoms with Crippen molar-refractivity contribution in [1.29, 1.82) is 0 Å². The molecule has 0 spiro atoms. The summed E-state index contributed by atoms with van der Waals surface area (Å²) in [5.74, 6) is 1.65. The van der Waals surface area contributed by atoms with E-state index >= 15 is 0 Å². The Bertz CT molecular complexity index is 1270. The second-order valence-electron chi connectivity index (χ2n) is 8.82. The molecule has 2 fully saturated rings. The monoisotopic (exact) mass is 497 g/mol. The van der Waals surface area contributed by atoms with Gasteiger partial charge in [0.25, 0.3) is 0 Å². The Morgan fingerprint density at radius 2 is 1.76 bits per heavy atom. The molecule has 1 N–H and O–H groups in total. The topological polar surface area (TPSA) is 97.2 Å². The van der Waals surface area contributed by atoms with E-state index < -0.39 is 10.0 Å². The maximum atomic E-state index is 12.9. The maximum absolute atomic E-state index is 12.9. The Balaban J connectivity index is 1.18. The van der Waals surface area contributed by atoms with E-state index in [9.17, 15) is 13.2 Å². The number of sulfonamides is 1. The predicted octanol–water partition coefficient (Wildman–Crippen LogP) is 4.04. The van der Waals surface area contributed by atoms with Crippen molar-refractivity contribution >= 4 is 33.4 Å². The molecule has 1 aromatic heterocycles. The summed E-state index contributed by atoms with van der Waals surface area (Å²) in [6, 6.07) is 16.2. The second kappa shape index (κ2) is 9.52. The molecule has 0 bridgehead atoms. The number of hydrogen-bond donors (Lipinski definition) is 1. The lowest BCUT2D eigenvalue weighted by Crippen LogP contribution is -2.26. The first-order valence-electron chi connectivity index (χ1n) is 11.4. The van der Waals surface area contributed by atoms with Crippen LogP contribution >= 0.6 is 11.8 Å². The van der Waals surface area contributed by atoms with Crippen LogP contribution in [0.15, 0.2) is 64.6 Å². The summed E-state index contributed by atoms with van der Waals surface area (Å²) in [4.78, 5) is 12.7. The highest BCUT2D eigenvalue weighted by atomic mass is 32.2. The molecule has 34 heavy (non-hydrogen) atoms. The van der Waals surface area contributed by atoms with Gasteiger partial charge in [-0.1, -0.05) is 42.1 Å². The smallest absolute Gasteiger partial charge is 0.243 e. The van der Waals surface area contributed by atoms with Gasteiger partial charge in [-0.05, 0) is 55.5 Å². The second-order valence-corrected chi connectivity index (χ2v) is 11.8. The number of carbonyl (C=O) groups is 1. The molecule has 0 radical (unpaired) electrons. The minimum atomic E-state index is -3.64. The van der Waals surface area contributed by atoms with Gasteiger partial charge < -0.3 is 9.88 Å². The van der Waals surface area contributed by atoms with Gasteiger partial charge in [0, 0.05) is 31.2 Å². The first-order valence-corrected chi connectivity index (χ1v) is 13.8. The number of carbonyl (C=O) groups excluding carboxylic acids is 1. The highest BCUT2D eigenvalue weighted by Crippen LogP contribution is 2.46. The average molecular weight is 498 g/mol. The van der Waals surface area contributed by atoms with E-state index in [1.807, 2.05) is 30.3 Å². The standard InChI is InChI=1S/C24H27N5O3S2/c1-28(15-17-5-3-2-4-6-17)34(31,32)21-13-9-19(10-14-21)25-22(30)16-33-24-27-26-23(18-7-8-18)29(24)20-11-12-20/h2-6,9-10,13-14,18,20H,7-8,11-12,15-16H2,1H3,(H,25,30). The van der Waals surface area contributed by atoms with Crippen LogP contribution in [0, 0.1) is 0 Å². The van der Waals surface area contributed by atoms with Gasteiger partial charge in [-0.25, -0.2) is 8.42 Å². The molecule has 5 rings (SSSR count). The first kappa shape index (κ1) is 23.1. The summed E-state index contributed by atoms with van der Waals surface area (Å²) < 4.78 is 29.3. The summed E-state index contributed by atoms with van der Waals surface area (Å²) in [6.45, 7) is 0.285. The molecule has 3 aromatic rings. The van der Waals surface area contributed by atoms with E-state index in [1.165, 1.54) is 41.0 Å². The molecule has 178 valence electrons. The van der Waals surface area contributed by atoms with Gasteiger partial charge in [0.05, 0.1) is 10.6 Å². The van der Waals surface area contributed by atoms with Gasteiger partial charge in [0.15, 0.2) is 5.16 Å². The lowest BCUT2D eigenvalue weighted by molar-refractivity contribution is -0.113. The van der Waals surface area contributed by atoms with Crippen molar-refractivity contribution in [2.75, 3.05) is 18.1 Å². The fourth-order valence-electron chi connectivity index (χ4n) is 3.83. The van der Waals surface area contributed by atoms with Crippen molar-refractivity contribution in [1.82, 2.24) is 19.1 Å². The number of hydrogen-bond acceptors (Lipinski definition) is 6. The summed E-state index contributed by atoms with van der Waals surface area (Å²) in [5, 5.41) is 12.3. The minimum absolute atomic E-state index is 0.167. The molecular weight excluding hydrogens is 470 g/mol. The van der Waals surface area contributed by atoms with E-state index in [2.05, 4.69) is 20.1 Å². The molecule has 1 heterocycles. The zero-order chi connectivity index (χ0) is 23.7. The molecule has 2 saturated carbocycles. The number of nitrogens with zero attached hydrogens (tertiary/aromatic N) is 4. The van der Waals surface area contributed by atoms with Gasteiger partial charge in [-0.15, -0.1) is 10.2 Å². The van der Waals surface area contributed by atoms with E-state index in [-0.39, 0.29) is 23.1 Å².